The van der Waals surface area contributed by atoms with Crippen molar-refractivity contribution in [2.75, 3.05) is 13.2 Å². The fraction of sp³-hybridized carbons (Fsp3) is 0.714. The molecule has 0 saturated heterocycles. The number of carbonyl (C=O) groups excluding carboxylic acids is 2. The Hall–Kier alpha value is -1.36. The third-order valence-electron chi connectivity index (χ3n) is 2.56. The van der Waals surface area contributed by atoms with Gasteiger partial charge in [-0.3, -0.25) is 0 Å². The average Bonchev–Trinajstić information content (AvgIpc) is 2.42. The highest BCUT2D eigenvalue weighted by Crippen LogP contribution is 2.05. The van der Waals surface area contributed by atoms with Gasteiger partial charge < -0.3 is 14.6 Å². The normalized spacial score (nSPS) is 11.7. The molecular formula is C14H24O5. The van der Waals surface area contributed by atoms with Crippen LogP contribution in [-0.2, 0) is 19.1 Å². The molecule has 0 aliphatic carbocycles. The Morgan fingerprint density at radius 1 is 1.16 bits per heavy atom. The number of rotatable bonds is 11. The number of carbonyl (C=O) groups is 2. The Bertz CT molecular complexity index is 275. The van der Waals surface area contributed by atoms with Crippen LogP contribution in [0.4, 0.5) is 0 Å². The summed E-state index contributed by atoms with van der Waals surface area (Å²) in [6.07, 6.45) is 6.09. The molecule has 0 rings (SSSR count). The van der Waals surface area contributed by atoms with Gasteiger partial charge in [0.2, 0.25) is 0 Å². The maximum absolute atomic E-state index is 11.3. The van der Waals surface area contributed by atoms with E-state index in [4.69, 9.17) is 4.74 Å². The highest BCUT2D eigenvalue weighted by Gasteiger charge is 2.17. The van der Waals surface area contributed by atoms with Crippen LogP contribution >= 0.6 is 0 Å². The predicted molar refractivity (Wildman–Crippen MR) is 71.5 cm³/mol. The van der Waals surface area contributed by atoms with Gasteiger partial charge in [0.25, 0.3) is 0 Å². The first kappa shape index (κ1) is 17.6. The summed E-state index contributed by atoms with van der Waals surface area (Å²) in [7, 11) is 0. The highest BCUT2D eigenvalue weighted by molar-refractivity contribution is 5.81. The topological polar surface area (TPSA) is 72.8 Å². The van der Waals surface area contributed by atoms with Gasteiger partial charge in [-0.05, 0) is 6.42 Å². The molecule has 0 spiro atoms. The van der Waals surface area contributed by atoms with Gasteiger partial charge in [0.1, 0.15) is 6.61 Å². The molecule has 0 aromatic heterocycles. The van der Waals surface area contributed by atoms with E-state index < -0.39 is 24.6 Å². The van der Waals surface area contributed by atoms with Crippen molar-refractivity contribution in [3.8, 4) is 0 Å². The zero-order valence-electron chi connectivity index (χ0n) is 11.6. The smallest absolute Gasteiger partial charge is 0.338 e. The van der Waals surface area contributed by atoms with Crippen LogP contribution in [0.25, 0.3) is 0 Å². The molecule has 5 nitrogen and oxygen atoms in total. The Morgan fingerprint density at radius 3 is 2.42 bits per heavy atom. The minimum absolute atomic E-state index is 0.289. The molecule has 0 fully saturated rings. The molecule has 0 bridgehead atoms. The first-order chi connectivity index (χ1) is 9.11. The molecule has 0 saturated carbocycles. The van der Waals surface area contributed by atoms with Crippen molar-refractivity contribution in [1.29, 1.82) is 0 Å². The summed E-state index contributed by atoms with van der Waals surface area (Å²) in [5.74, 6) is -1.44. The van der Waals surface area contributed by atoms with Crippen LogP contribution in [0.1, 0.15) is 45.4 Å². The van der Waals surface area contributed by atoms with E-state index in [9.17, 15) is 14.7 Å². The lowest BCUT2D eigenvalue weighted by Gasteiger charge is -2.10. The molecule has 0 heterocycles. The van der Waals surface area contributed by atoms with Gasteiger partial charge >= 0.3 is 11.9 Å². The lowest BCUT2D eigenvalue weighted by atomic mass is 10.1. The number of aliphatic hydroxyl groups is 1. The zero-order valence-corrected chi connectivity index (χ0v) is 11.6. The van der Waals surface area contributed by atoms with Crippen LogP contribution in [0.15, 0.2) is 12.7 Å². The monoisotopic (exact) mass is 272 g/mol. The van der Waals surface area contributed by atoms with E-state index in [-0.39, 0.29) is 6.61 Å². The first-order valence-electron chi connectivity index (χ1n) is 6.75. The van der Waals surface area contributed by atoms with Gasteiger partial charge in [0.05, 0.1) is 6.61 Å². The number of hydrogen-bond donors (Lipinski definition) is 1. The molecule has 1 unspecified atom stereocenters. The molecule has 19 heavy (non-hydrogen) atoms. The standard InChI is InChI=1S/C14H24O5/c1-3-5-6-7-8-9-10-18-14(17)12(15)11-19-13(16)4-2/h4,12,15H,2-3,5-11H2,1H3. The SMILES string of the molecule is C=CC(=O)OCC(O)C(=O)OCCCCCCCC. The predicted octanol–water partition coefficient (Wildman–Crippen LogP) is 1.98. The molecule has 5 heteroatoms. The lowest BCUT2D eigenvalue weighted by molar-refractivity contribution is -0.159. The van der Waals surface area contributed by atoms with E-state index in [1.165, 1.54) is 19.3 Å². The number of unbranched alkanes of at least 4 members (excludes halogenated alkanes) is 5. The van der Waals surface area contributed by atoms with E-state index in [0.29, 0.717) is 0 Å². The summed E-state index contributed by atoms with van der Waals surface area (Å²) in [5, 5.41) is 9.35. The minimum atomic E-state index is -1.43. The van der Waals surface area contributed by atoms with E-state index >= 15 is 0 Å². The quantitative estimate of drug-likeness (QED) is 0.354. The van der Waals surface area contributed by atoms with E-state index in [1.807, 2.05) is 0 Å². The number of aliphatic hydroxyl groups excluding tert-OH is 1. The van der Waals surface area contributed by atoms with Crippen LogP contribution in [0.3, 0.4) is 0 Å². The second kappa shape index (κ2) is 11.7. The molecule has 0 amide bonds. The van der Waals surface area contributed by atoms with Crippen molar-refractivity contribution < 1.29 is 24.2 Å². The summed E-state index contributed by atoms with van der Waals surface area (Å²) in [5.41, 5.74) is 0. The van der Waals surface area contributed by atoms with Crippen LogP contribution in [0.5, 0.6) is 0 Å². The molecule has 1 N–H and O–H groups in total. The Labute approximate surface area is 114 Å². The second-order valence-corrected chi connectivity index (χ2v) is 4.29. The molecule has 0 radical (unpaired) electrons. The summed E-state index contributed by atoms with van der Waals surface area (Å²) in [6.45, 7) is 5.24. The molecule has 0 aromatic rings. The van der Waals surface area contributed by atoms with E-state index in [1.54, 1.807) is 0 Å². The third-order valence-corrected chi connectivity index (χ3v) is 2.56. The molecule has 0 aliphatic rings. The second-order valence-electron chi connectivity index (χ2n) is 4.29. The van der Waals surface area contributed by atoms with Gasteiger partial charge in [0, 0.05) is 6.08 Å². The first-order valence-corrected chi connectivity index (χ1v) is 6.75. The van der Waals surface area contributed by atoms with Gasteiger partial charge in [-0.2, -0.15) is 0 Å². The van der Waals surface area contributed by atoms with Gasteiger partial charge in [-0.15, -0.1) is 0 Å². The van der Waals surface area contributed by atoms with E-state index in [2.05, 4.69) is 18.2 Å². The van der Waals surface area contributed by atoms with Crippen molar-refractivity contribution in [1.82, 2.24) is 0 Å². The summed E-state index contributed by atoms with van der Waals surface area (Å²) >= 11 is 0. The fourth-order valence-electron chi connectivity index (χ4n) is 1.44. The highest BCUT2D eigenvalue weighted by atomic mass is 16.6. The fourth-order valence-corrected chi connectivity index (χ4v) is 1.44. The maximum atomic E-state index is 11.3. The number of ether oxygens (including phenoxy) is 2. The molecular weight excluding hydrogens is 248 g/mol. The zero-order chi connectivity index (χ0) is 14.5. The van der Waals surface area contributed by atoms with Crippen molar-refractivity contribution in [2.45, 2.75) is 51.6 Å². The Balaban J connectivity index is 3.51. The summed E-state index contributed by atoms with van der Waals surface area (Å²) in [6, 6.07) is 0. The van der Waals surface area contributed by atoms with Gasteiger partial charge in [-0.25, -0.2) is 9.59 Å². The van der Waals surface area contributed by atoms with Crippen LogP contribution in [-0.4, -0.2) is 36.4 Å². The van der Waals surface area contributed by atoms with Crippen molar-refractivity contribution in [3.63, 3.8) is 0 Å². The third kappa shape index (κ3) is 10.3. The van der Waals surface area contributed by atoms with Crippen LogP contribution in [0.2, 0.25) is 0 Å². The van der Waals surface area contributed by atoms with Gasteiger partial charge in [-0.1, -0.05) is 45.6 Å². The molecule has 0 aliphatic heterocycles. The van der Waals surface area contributed by atoms with Crippen molar-refractivity contribution >= 4 is 11.9 Å². The summed E-state index contributed by atoms with van der Waals surface area (Å²) in [4.78, 5) is 22.0. The average molecular weight is 272 g/mol. The molecule has 110 valence electrons. The Morgan fingerprint density at radius 2 is 1.79 bits per heavy atom. The van der Waals surface area contributed by atoms with Crippen LogP contribution < -0.4 is 0 Å². The largest absolute Gasteiger partial charge is 0.464 e. The lowest BCUT2D eigenvalue weighted by Crippen LogP contribution is -2.29. The van der Waals surface area contributed by atoms with Gasteiger partial charge in [0.15, 0.2) is 6.10 Å². The number of hydrogen-bond acceptors (Lipinski definition) is 5. The van der Waals surface area contributed by atoms with Crippen LogP contribution in [0, 0.1) is 0 Å². The minimum Gasteiger partial charge on any atom is -0.464 e. The molecule has 0 aromatic carbocycles. The number of esters is 2. The molecule has 1 atom stereocenters. The van der Waals surface area contributed by atoms with Crippen molar-refractivity contribution in [3.05, 3.63) is 12.7 Å². The van der Waals surface area contributed by atoms with E-state index in [0.717, 1.165) is 25.3 Å². The van der Waals surface area contributed by atoms with Crippen molar-refractivity contribution in [2.24, 2.45) is 0 Å². The maximum Gasteiger partial charge on any atom is 0.338 e. The summed E-state index contributed by atoms with van der Waals surface area (Å²) < 4.78 is 9.41. The Kier molecular flexibility index (Phi) is 10.9.